The van der Waals surface area contributed by atoms with Gasteiger partial charge in [-0.15, -0.1) is 11.3 Å². The van der Waals surface area contributed by atoms with Crippen LogP contribution in [-0.4, -0.2) is 46.3 Å². The maximum absolute atomic E-state index is 10.8. The number of aromatic amines is 1. The number of rotatable bonds is 6. The molecule has 4 aromatic rings. The summed E-state index contributed by atoms with van der Waals surface area (Å²) in [5.74, 6) is 1.51. The van der Waals surface area contributed by atoms with Crippen LogP contribution < -0.4 is 4.74 Å². The highest BCUT2D eigenvalue weighted by Crippen LogP contribution is 2.68. The van der Waals surface area contributed by atoms with Crippen LogP contribution >= 0.6 is 11.3 Å². The van der Waals surface area contributed by atoms with E-state index in [1.165, 1.54) is 35.8 Å². The lowest BCUT2D eigenvalue weighted by Crippen LogP contribution is -2.75. The van der Waals surface area contributed by atoms with Gasteiger partial charge in [0.15, 0.2) is 0 Å². The lowest BCUT2D eigenvalue weighted by atomic mass is 9.53. The van der Waals surface area contributed by atoms with Crippen molar-refractivity contribution in [3.63, 3.8) is 0 Å². The minimum absolute atomic E-state index is 0.340. The molecule has 0 bridgehead atoms. The molecule has 1 saturated heterocycles. The fourth-order valence-corrected chi connectivity index (χ4v) is 8.07. The molecule has 5 atom stereocenters. The number of thiophene rings is 1. The van der Waals surface area contributed by atoms with E-state index >= 15 is 0 Å². The number of β-amino-alcohol motifs (C(OH)–C–C–N with tert-alkyl or cyclic N) is 1. The standard InChI is InChI=1S/C27H28N2O2S/c30-19(16-31-22-6-3-5-21-20(22)9-11-28-21)15-29-25-8-10-27(25)14-18(13-26(27)29)24-12-17-4-1-2-7-23(17)32-24/h1-7,9,11-12,18-19,25-26,28,30H,8,10,13-16H2. The smallest absolute Gasteiger partial charge is 0.128 e. The number of nitrogens with zero attached hydrogens (tertiary/aromatic N) is 1. The Morgan fingerprint density at radius 2 is 2.09 bits per heavy atom. The van der Waals surface area contributed by atoms with Crippen LogP contribution in [0.4, 0.5) is 0 Å². The minimum atomic E-state index is -0.467. The maximum Gasteiger partial charge on any atom is 0.128 e. The Morgan fingerprint density at radius 1 is 1.16 bits per heavy atom. The SMILES string of the molecule is OC(COc1cccc2[nH]ccc12)CN1C2CCC23CC(c2cc4ccccc4s2)CC13. The van der Waals surface area contributed by atoms with Crippen LogP contribution in [0.15, 0.2) is 60.8 Å². The number of H-pyrrole nitrogens is 1. The normalized spacial score (nSPS) is 30.0. The average molecular weight is 445 g/mol. The van der Waals surface area contributed by atoms with Gasteiger partial charge in [0.05, 0.1) is 0 Å². The molecule has 2 N–H and O–H groups in total. The number of benzene rings is 2. The van der Waals surface area contributed by atoms with Crippen molar-refractivity contribution in [2.45, 2.75) is 49.8 Å². The number of likely N-dealkylation sites (tertiary alicyclic amines) is 1. The number of ether oxygens (including phenoxy) is 1. The average Bonchev–Trinajstić information content (AvgIpc) is 3.52. The molecule has 164 valence electrons. The summed E-state index contributed by atoms with van der Waals surface area (Å²) in [5, 5.41) is 13.3. The fraction of sp³-hybridized carbons (Fsp3) is 0.407. The van der Waals surface area contributed by atoms with Gasteiger partial charge in [0.2, 0.25) is 0 Å². The van der Waals surface area contributed by atoms with Crippen LogP contribution in [0.3, 0.4) is 0 Å². The number of aliphatic hydroxyl groups excluding tert-OH is 1. The molecule has 3 fully saturated rings. The lowest BCUT2D eigenvalue weighted by Gasteiger charge is -2.69. The molecule has 7 rings (SSSR count). The molecule has 2 aromatic carbocycles. The molecule has 32 heavy (non-hydrogen) atoms. The second-order valence-corrected chi connectivity index (χ2v) is 11.1. The summed E-state index contributed by atoms with van der Waals surface area (Å²) in [5.41, 5.74) is 1.58. The van der Waals surface area contributed by atoms with Crippen LogP contribution in [0.1, 0.15) is 36.5 Å². The quantitative estimate of drug-likeness (QED) is 0.411. The van der Waals surface area contributed by atoms with E-state index in [4.69, 9.17) is 4.74 Å². The van der Waals surface area contributed by atoms with E-state index in [2.05, 4.69) is 40.2 Å². The van der Waals surface area contributed by atoms with Crippen molar-refractivity contribution in [1.82, 2.24) is 9.88 Å². The highest BCUT2D eigenvalue weighted by molar-refractivity contribution is 7.19. The summed E-state index contributed by atoms with van der Waals surface area (Å²) in [6.07, 6.45) is 6.67. The number of hydrogen-bond donors (Lipinski definition) is 2. The van der Waals surface area contributed by atoms with Crippen molar-refractivity contribution < 1.29 is 9.84 Å². The van der Waals surface area contributed by atoms with Gasteiger partial charge in [0, 0.05) is 50.7 Å². The van der Waals surface area contributed by atoms with Crippen LogP contribution in [0.25, 0.3) is 21.0 Å². The fourth-order valence-electron chi connectivity index (χ4n) is 6.89. The van der Waals surface area contributed by atoms with Gasteiger partial charge in [-0.3, -0.25) is 4.90 Å². The van der Waals surface area contributed by atoms with Gasteiger partial charge >= 0.3 is 0 Å². The van der Waals surface area contributed by atoms with Crippen molar-refractivity contribution in [2.75, 3.05) is 13.2 Å². The lowest BCUT2D eigenvalue weighted by molar-refractivity contribution is -0.198. The molecule has 0 amide bonds. The van der Waals surface area contributed by atoms with E-state index in [1.807, 2.05) is 41.8 Å². The third-order valence-electron chi connectivity index (χ3n) is 8.40. The zero-order chi connectivity index (χ0) is 21.3. The molecule has 5 unspecified atom stereocenters. The predicted molar refractivity (Wildman–Crippen MR) is 130 cm³/mol. The van der Waals surface area contributed by atoms with Crippen LogP contribution in [0, 0.1) is 5.41 Å². The minimum Gasteiger partial charge on any atom is -0.490 e. The first-order valence-electron chi connectivity index (χ1n) is 11.8. The van der Waals surface area contributed by atoms with E-state index in [-0.39, 0.29) is 0 Å². The first-order chi connectivity index (χ1) is 15.7. The van der Waals surface area contributed by atoms with Gasteiger partial charge in [-0.05, 0) is 67.3 Å². The van der Waals surface area contributed by atoms with Crippen LogP contribution in [-0.2, 0) is 0 Å². The summed E-state index contributed by atoms with van der Waals surface area (Å²) in [7, 11) is 0. The zero-order valence-electron chi connectivity index (χ0n) is 18.0. The summed E-state index contributed by atoms with van der Waals surface area (Å²) >= 11 is 1.98. The van der Waals surface area contributed by atoms with Gasteiger partial charge in [0.25, 0.3) is 0 Å². The summed E-state index contributed by atoms with van der Waals surface area (Å²) in [6.45, 7) is 1.06. The topological polar surface area (TPSA) is 48.5 Å². The molecule has 2 aromatic heterocycles. The van der Waals surface area contributed by atoms with Gasteiger partial charge in [-0.2, -0.15) is 0 Å². The molecule has 2 saturated carbocycles. The van der Waals surface area contributed by atoms with Crippen molar-refractivity contribution in [2.24, 2.45) is 5.41 Å². The summed E-state index contributed by atoms with van der Waals surface area (Å²) < 4.78 is 7.44. The number of nitrogens with one attached hydrogen (secondary N) is 1. The van der Waals surface area contributed by atoms with Crippen LogP contribution in [0.2, 0.25) is 0 Å². The van der Waals surface area contributed by atoms with Crippen molar-refractivity contribution >= 4 is 32.3 Å². The predicted octanol–water partition coefficient (Wildman–Crippen LogP) is 5.53. The summed E-state index contributed by atoms with van der Waals surface area (Å²) in [6, 6.07) is 20.5. The molecular formula is C27H28N2O2S. The monoisotopic (exact) mass is 444 g/mol. The third kappa shape index (κ3) is 2.74. The largest absolute Gasteiger partial charge is 0.490 e. The van der Waals surface area contributed by atoms with Gasteiger partial charge < -0.3 is 14.8 Å². The third-order valence-corrected chi connectivity index (χ3v) is 9.68. The highest BCUT2D eigenvalue weighted by Gasteiger charge is 2.69. The van der Waals surface area contributed by atoms with E-state index in [1.54, 1.807) is 4.88 Å². The second kappa shape index (κ2) is 7.08. The van der Waals surface area contributed by atoms with Crippen molar-refractivity contribution in [3.8, 4) is 5.75 Å². The van der Waals surface area contributed by atoms with Gasteiger partial charge in [0.1, 0.15) is 18.5 Å². The molecular weight excluding hydrogens is 416 g/mol. The highest BCUT2D eigenvalue weighted by atomic mass is 32.1. The molecule has 5 heteroatoms. The Kier molecular flexibility index (Phi) is 4.24. The number of aliphatic hydroxyl groups is 1. The van der Waals surface area contributed by atoms with Crippen LogP contribution in [0.5, 0.6) is 5.75 Å². The Labute approximate surface area is 191 Å². The summed E-state index contributed by atoms with van der Waals surface area (Å²) in [4.78, 5) is 7.38. The number of fused-ring (bicyclic) bond motifs is 2. The molecule has 3 heterocycles. The molecule has 0 radical (unpaired) electrons. The van der Waals surface area contributed by atoms with Crippen molar-refractivity contribution in [3.05, 3.63) is 65.7 Å². The van der Waals surface area contributed by atoms with Gasteiger partial charge in [-0.25, -0.2) is 0 Å². The van der Waals surface area contributed by atoms with E-state index in [0.29, 0.717) is 30.0 Å². The first-order valence-corrected chi connectivity index (χ1v) is 12.6. The number of hydrogen-bond acceptors (Lipinski definition) is 4. The number of aromatic nitrogens is 1. The van der Waals surface area contributed by atoms with E-state index < -0.39 is 6.10 Å². The molecule has 1 aliphatic heterocycles. The van der Waals surface area contributed by atoms with E-state index in [0.717, 1.165) is 23.2 Å². The first kappa shape index (κ1) is 19.2. The maximum atomic E-state index is 10.8. The van der Waals surface area contributed by atoms with E-state index in [9.17, 15) is 5.11 Å². The molecule has 2 aliphatic carbocycles. The zero-order valence-corrected chi connectivity index (χ0v) is 18.9. The Hall–Kier alpha value is -2.34. The van der Waals surface area contributed by atoms with Crippen molar-refractivity contribution in [1.29, 1.82) is 0 Å². The molecule has 1 spiro atoms. The number of piperidine rings is 1. The Bertz CT molecular complexity index is 1260. The Balaban J connectivity index is 1.03. The molecule has 4 nitrogen and oxygen atoms in total. The Morgan fingerprint density at radius 3 is 2.97 bits per heavy atom. The second-order valence-electron chi connectivity index (χ2n) is 9.98. The molecule has 3 aliphatic rings. The van der Waals surface area contributed by atoms with Gasteiger partial charge in [-0.1, -0.05) is 24.3 Å².